The number of amides is 1. The Bertz CT molecular complexity index is 1330. The maximum absolute atomic E-state index is 12.9. The zero-order valence-electron chi connectivity index (χ0n) is 16.5. The third-order valence-corrected chi connectivity index (χ3v) is 4.79. The lowest BCUT2D eigenvalue weighted by Crippen LogP contribution is -2.27. The smallest absolute Gasteiger partial charge is 0.339 e. The summed E-state index contributed by atoms with van der Waals surface area (Å²) in [4.78, 5) is 33.6. The topological polar surface area (TPSA) is 153 Å². The Morgan fingerprint density at radius 2 is 1.87 bits per heavy atom. The van der Waals surface area contributed by atoms with Gasteiger partial charge in [-0.3, -0.25) is 9.36 Å². The first kappa shape index (κ1) is 20.1. The number of hydrogen-bond donors (Lipinski definition) is 4. The molecule has 31 heavy (non-hydrogen) atoms. The van der Waals surface area contributed by atoms with E-state index in [-0.39, 0.29) is 40.4 Å². The number of carboxylic acid groups (broad SMARTS) is 1. The number of carbonyl (C=O) groups excluding carboxylic acids is 1. The molecular formula is C21H19N5O5. The largest absolute Gasteiger partial charge is 0.507 e. The Morgan fingerprint density at radius 1 is 1.16 bits per heavy atom. The SMILES string of the molecule is COCCNC(=O)c1c(N)n(-c2ccc(O)c(C(=O)O)c2)c2nc3ccccc3nc12. The van der Waals surface area contributed by atoms with Crippen LogP contribution in [-0.2, 0) is 4.74 Å². The number of aromatic carboxylic acids is 1. The highest BCUT2D eigenvalue weighted by Gasteiger charge is 2.25. The standard InChI is InChI=1S/C21H19N5O5/c1-31-9-8-23-20(28)16-17-19(25-14-5-3-2-4-13(14)24-17)26(18(16)22)11-6-7-15(27)12(10-11)21(29)30/h2-7,10,27H,8-9,22H2,1H3,(H,23,28)(H,29,30). The van der Waals surface area contributed by atoms with Crippen LogP contribution in [0.1, 0.15) is 20.7 Å². The summed E-state index contributed by atoms with van der Waals surface area (Å²) in [6, 6.07) is 11.1. The lowest BCUT2D eigenvalue weighted by molar-refractivity contribution is 0.0693. The molecule has 0 unspecified atom stereocenters. The number of benzene rings is 2. The fraction of sp³-hybridized carbons (Fsp3) is 0.143. The third-order valence-electron chi connectivity index (χ3n) is 4.79. The molecule has 4 aromatic rings. The maximum Gasteiger partial charge on any atom is 0.339 e. The minimum atomic E-state index is -1.30. The molecule has 0 aliphatic rings. The molecule has 0 atom stereocenters. The van der Waals surface area contributed by atoms with E-state index in [4.69, 9.17) is 10.5 Å². The second kappa shape index (κ2) is 7.92. The molecule has 5 N–H and O–H groups in total. The van der Waals surface area contributed by atoms with Crippen LogP contribution in [0.5, 0.6) is 5.75 Å². The van der Waals surface area contributed by atoms with E-state index in [1.807, 2.05) is 0 Å². The van der Waals surface area contributed by atoms with Crippen molar-refractivity contribution in [1.29, 1.82) is 0 Å². The first-order valence-electron chi connectivity index (χ1n) is 9.33. The molecule has 158 valence electrons. The Hall–Kier alpha value is -4.18. The van der Waals surface area contributed by atoms with Gasteiger partial charge in [0, 0.05) is 13.7 Å². The number of phenols is 1. The van der Waals surface area contributed by atoms with E-state index in [0.29, 0.717) is 23.3 Å². The molecule has 0 spiro atoms. The summed E-state index contributed by atoms with van der Waals surface area (Å²) in [5.74, 6) is -2.11. The molecule has 0 bridgehead atoms. The number of anilines is 1. The monoisotopic (exact) mass is 421 g/mol. The van der Waals surface area contributed by atoms with Crippen molar-refractivity contribution in [3.05, 3.63) is 53.6 Å². The van der Waals surface area contributed by atoms with Crippen LogP contribution in [0.25, 0.3) is 27.9 Å². The van der Waals surface area contributed by atoms with E-state index in [2.05, 4.69) is 15.3 Å². The van der Waals surface area contributed by atoms with E-state index < -0.39 is 11.9 Å². The Labute approximate surface area is 175 Å². The Kier molecular flexibility index (Phi) is 5.14. The second-order valence-corrected chi connectivity index (χ2v) is 6.74. The van der Waals surface area contributed by atoms with Crippen molar-refractivity contribution in [3.63, 3.8) is 0 Å². The van der Waals surface area contributed by atoms with E-state index >= 15 is 0 Å². The predicted molar refractivity (Wildman–Crippen MR) is 114 cm³/mol. The van der Waals surface area contributed by atoms with E-state index in [1.165, 1.54) is 29.9 Å². The van der Waals surface area contributed by atoms with Gasteiger partial charge >= 0.3 is 5.97 Å². The molecule has 0 radical (unpaired) electrons. The molecule has 0 aliphatic heterocycles. The van der Waals surface area contributed by atoms with Gasteiger partial charge in [-0.1, -0.05) is 12.1 Å². The number of nitrogens with two attached hydrogens (primary N) is 1. The summed E-state index contributed by atoms with van der Waals surface area (Å²) in [5, 5.41) is 22.0. The van der Waals surface area contributed by atoms with Crippen LogP contribution < -0.4 is 11.1 Å². The van der Waals surface area contributed by atoms with Gasteiger partial charge in [-0.25, -0.2) is 14.8 Å². The molecule has 0 saturated carbocycles. The van der Waals surface area contributed by atoms with Crippen LogP contribution in [0.15, 0.2) is 42.5 Å². The number of hydrogen-bond acceptors (Lipinski definition) is 7. The molecule has 0 fully saturated rings. The van der Waals surface area contributed by atoms with Crippen molar-refractivity contribution in [2.75, 3.05) is 26.0 Å². The number of para-hydroxylation sites is 2. The summed E-state index contributed by atoms with van der Waals surface area (Å²) in [6.45, 7) is 0.587. The normalized spacial score (nSPS) is 11.1. The van der Waals surface area contributed by atoms with E-state index in [1.54, 1.807) is 24.3 Å². The van der Waals surface area contributed by atoms with Gasteiger partial charge in [0.05, 0.1) is 23.3 Å². The lowest BCUT2D eigenvalue weighted by Gasteiger charge is -2.10. The molecule has 4 rings (SSSR count). The summed E-state index contributed by atoms with van der Waals surface area (Å²) in [5.41, 5.74) is 8.21. The molecule has 0 saturated heterocycles. The molecule has 1 amide bonds. The quantitative estimate of drug-likeness (QED) is 0.345. The number of rotatable bonds is 6. The zero-order chi connectivity index (χ0) is 22.1. The van der Waals surface area contributed by atoms with Gasteiger partial charge in [0.25, 0.3) is 5.91 Å². The lowest BCUT2D eigenvalue weighted by atomic mass is 10.1. The number of nitrogens with one attached hydrogen (secondary N) is 1. The number of aromatic hydroxyl groups is 1. The Balaban J connectivity index is 2.00. The molecule has 0 aliphatic carbocycles. The number of fused-ring (bicyclic) bond motifs is 2. The average Bonchev–Trinajstić information content (AvgIpc) is 3.03. The van der Waals surface area contributed by atoms with Crippen LogP contribution >= 0.6 is 0 Å². The van der Waals surface area contributed by atoms with Crippen molar-refractivity contribution in [2.24, 2.45) is 0 Å². The minimum Gasteiger partial charge on any atom is -0.507 e. The van der Waals surface area contributed by atoms with Crippen LogP contribution in [0.4, 0.5) is 5.82 Å². The summed E-state index contributed by atoms with van der Waals surface area (Å²) in [7, 11) is 1.52. The van der Waals surface area contributed by atoms with Crippen LogP contribution in [0.2, 0.25) is 0 Å². The first-order chi connectivity index (χ1) is 14.9. The molecule has 10 nitrogen and oxygen atoms in total. The number of nitrogens with zero attached hydrogens (tertiary/aromatic N) is 3. The van der Waals surface area contributed by atoms with Gasteiger partial charge in [0.15, 0.2) is 5.65 Å². The highest BCUT2D eigenvalue weighted by atomic mass is 16.5. The fourth-order valence-corrected chi connectivity index (χ4v) is 3.34. The van der Waals surface area contributed by atoms with Crippen LogP contribution in [0.3, 0.4) is 0 Å². The van der Waals surface area contributed by atoms with Crippen molar-refractivity contribution in [2.45, 2.75) is 0 Å². The van der Waals surface area contributed by atoms with E-state index in [9.17, 15) is 19.8 Å². The Morgan fingerprint density at radius 3 is 2.55 bits per heavy atom. The van der Waals surface area contributed by atoms with Crippen molar-refractivity contribution < 1.29 is 24.5 Å². The van der Waals surface area contributed by atoms with Gasteiger partial charge in [0.1, 0.15) is 28.2 Å². The van der Waals surface area contributed by atoms with Gasteiger partial charge in [0.2, 0.25) is 0 Å². The molecule has 2 aromatic heterocycles. The highest BCUT2D eigenvalue weighted by molar-refractivity contribution is 6.11. The van der Waals surface area contributed by atoms with Crippen molar-refractivity contribution in [3.8, 4) is 11.4 Å². The molecule has 2 aromatic carbocycles. The number of aromatic nitrogens is 3. The number of carboxylic acids is 1. The highest BCUT2D eigenvalue weighted by Crippen LogP contribution is 2.32. The maximum atomic E-state index is 12.9. The first-order valence-corrected chi connectivity index (χ1v) is 9.33. The van der Waals surface area contributed by atoms with Gasteiger partial charge in [-0.05, 0) is 30.3 Å². The van der Waals surface area contributed by atoms with Gasteiger partial charge in [-0.15, -0.1) is 0 Å². The fourth-order valence-electron chi connectivity index (χ4n) is 3.34. The number of nitrogen functional groups attached to an aromatic ring is 1. The number of methoxy groups -OCH3 is 1. The van der Waals surface area contributed by atoms with Crippen LogP contribution in [0, 0.1) is 0 Å². The minimum absolute atomic E-state index is 0.0438. The van der Waals surface area contributed by atoms with Gasteiger partial charge in [-0.2, -0.15) is 0 Å². The van der Waals surface area contributed by atoms with E-state index in [0.717, 1.165) is 0 Å². The summed E-state index contributed by atoms with van der Waals surface area (Å²) < 4.78 is 6.42. The third kappa shape index (κ3) is 3.49. The molecular weight excluding hydrogens is 402 g/mol. The molecule has 2 heterocycles. The summed E-state index contributed by atoms with van der Waals surface area (Å²) >= 11 is 0. The summed E-state index contributed by atoms with van der Waals surface area (Å²) in [6.07, 6.45) is 0. The number of carbonyl (C=O) groups is 2. The number of ether oxygens (including phenoxy) is 1. The van der Waals surface area contributed by atoms with Crippen molar-refractivity contribution >= 4 is 39.9 Å². The van der Waals surface area contributed by atoms with Crippen LogP contribution in [-0.4, -0.2) is 56.9 Å². The predicted octanol–water partition coefficient (Wildman–Crippen LogP) is 1.94. The second-order valence-electron chi connectivity index (χ2n) is 6.74. The van der Waals surface area contributed by atoms with Crippen molar-refractivity contribution in [1.82, 2.24) is 19.9 Å². The van der Waals surface area contributed by atoms with Gasteiger partial charge < -0.3 is 26.0 Å². The average molecular weight is 421 g/mol. The molecule has 10 heteroatoms. The zero-order valence-corrected chi connectivity index (χ0v) is 16.5.